The zero-order valence-electron chi connectivity index (χ0n) is 25.2. The molecule has 0 amide bonds. The van der Waals surface area contributed by atoms with E-state index in [4.69, 9.17) is 9.69 Å². The second-order valence-electron chi connectivity index (χ2n) is 13.6. The van der Waals surface area contributed by atoms with Gasteiger partial charge in [-0.15, -0.1) is 0 Å². The van der Waals surface area contributed by atoms with Gasteiger partial charge in [0.25, 0.3) is 0 Å². The van der Waals surface area contributed by atoms with Crippen LogP contribution in [-0.4, -0.2) is 18.3 Å². The molecule has 0 spiro atoms. The van der Waals surface area contributed by atoms with Crippen molar-refractivity contribution >= 4 is 9.69 Å². The average molecular weight is 666 g/mol. The van der Waals surface area contributed by atoms with Gasteiger partial charge in [-0.3, -0.25) is 0 Å². The van der Waals surface area contributed by atoms with Crippen molar-refractivity contribution < 1.29 is 12.9 Å². The predicted molar refractivity (Wildman–Crippen MR) is 168 cm³/mol. The molecule has 0 N–H and O–H groups in total. The summed E-state index contributed by atoms with van der Waals surface area (Å²) >= 11 is -3.34. The second kappa shape index (κ2) is 12.8. The molecule has 0 aromatic carbocycles. The molecule has 0 radical (unpaired) electrons. The van der Waals surface area contributed by atoms with Gasteiger partial charge in [-0.1, -0.05) is 0 Å². The molecule has 7 rings (SSSR count). The second-order valence-corrected chi connectivity index (χ2v) is 20.9. The molecule has 5 aliphatic rings. The number of hydrogen-bond donors (Lipinski definition) is 0. The first-order valence-electron chi connectivity index (χ1n) is 17.3. The van der Waals surface area contributed by atoms with E-state index in [1.165, 1.54) is 136 Å². The van der Waals surface area contributed by atoms with Gasteiger partial charge >= 0.3 is 255 Å². The van der Waals surface area contributed by atoms with Crippen molar-refractivity contribution in [3.63, 3.8) is 0 Å². The Hall–Kier alpha value is -1.19. The summed E-state index contributed by atoms with van der Waals surface area (Å²) in [5, 5.41) is 0. The average Bonchev–Trinajstić information content (AvgIpc) is 3.83. The molecule has 0 aliphatic heterocycles. The van der Waals surface area contributed by atoms with E-state index in [0.717, 1.165) is 6.42 Å². The number of nitrogens with zero attached hydrogens (tertiary/aromatic N) is 4. The summed E-state index contributed by atoms with van der Waals surface area (Å²) in [7, 11) is 8.75. The Morgan fingerprint density at radius 2 is 0.805 bits per heavy atom. The van der Waals surface area contributed by atoms with Crippen LogP contribution in [0.15, 0.2) is 47.2 Å². The molecule has 4 nitrogen and oxygen atoms in total. The molecule has 4 fully saturated rings. The van der Waals surface area contributed by atoms with Crippen LogP contribution in [0.3, 0.4) is 0 Å². The van der Waals surface area contributed by atoms with Crippen LogP contribution in [0.2, 0.25) is 0 Å². The molecule has 2 aromatic rings. The van der Waals surface area contributed by atoms with Crippen molar-refractivity contribution in [2.45, 2.75) is 159 Å². The van der Waals surface area contributed by atoms with Gasteiger partial charge in [-0.05, 0) is 0 Å². The van der Waals surface area contributed by atoms with Gasteiger partial charge in [0, 0.05) is 0 Å². The quantitative estimate of drug-likeness (QED) is 0.283. The van der Waals surface area contributed by atoms with Crippen LogP contribution in [-0.2, 0) is 12.9 Å². The third-order valence-electron chi connectivity index (χ3n) is 10.9. The molecule has 41 heavy (non-hydrogen) atoms. The van der Waals surface area contributed by atoms with Crippen LogP contribution in [0.1, 0.15) is 159 Å². The van der Waals surface area contributed by atoms with E-state index in [2.05, 4.69) is 61.3 Å². The summed E-state index contributed by atoms with van der Waals surface area (Å²) in [5.41, 5.74) is 0. The fraction of sp³-hybridized carbons (Fsp3) is 0.714. The van der Waals surface area contributed by atoms with E-state index in [0.29, 0.717) is 24.2 Å². The monoisotopic (exact) mass is 666 g/mol. The number of hydrogen-bond acceptors (Lipinski definition) is 0. The number of allylic oxidation sites excluding steroid dienone is 4. The van der Waals surface area contributed by atoms with Crippen LogP contribution < -0.4 is 0 Å². The van der Waals surface area contributed by atoms with Gasteiger partial charge < -0.3 is 0 Å². The van der Waals surface area contributed by atoms with Crippen LogP contribution in [0.25, 0.3) is 0 Å². The molecule has 0 atom stereocenters. The third-order valence-corrected chi connectivity index (χ3v) is 19.5. The Morgan fingerprint density at radius 1 is 0.488 bits per heavy atom. The fourth-order valence-electron chi connectivity index (χ4n) is 8.67. The summed E-state index contributed by atoms with van der Waals surface area (Å²) in [6.07, 6.45) is 45.0. The predicted octanol–water partition coefficient (Wildman–Crippen LogP) is 10.8. The molecule has 6 heteroatoms. The standard InChI is InChI=1S/2C15H24N2.C5H5.ClH.Ru/c2*1-3-7-14(8-4-1)16-11-12-17(13-16)15-9-5-2-6-10-15;1-2-4-5-3-1;;/h2*11-12,14-15H,1-10H2;1-3H,4H2;1H;/q;;;;+1/p-1. The van der Waals surface area contributed by atoms with Crippen LogP contribution >= 0.6 is 9.69 Å². The molecule has 2 heterocycles. The van der Waals surface area contributed by atoms with E-state index < -0.39 is 12.9 Å². The first kappa shape index (κ1) is 28.6. The number of halogens is 1. The van der Waals surface area contributed by atoms with Gasteiger partial charge in [-0.25, -0.2) is 0 Å². The Bertz CT molecular complexity index is 1280. The topological polar surface area (TPSA) is 19.7 Å². The van der Waals surface area contributed by atoms with Crippen molar-refractivity contribution in [3.05, 3.63) is 55.2 Å². The molecule has 0 bridgehead atoms. The summed E-state index contributed by atoms with van der Waals surface area (Å²) in [6, 6.07) is 2.38. The molecule has 0 unspecified atom stereocenters. The Morgan fingerprint density at radius 3 is 1.07 bits per heavy atom. The minimum atomic E-state index is -3.34. The Kier molecular flexibility index (Phi) is 8.93. The van der Waals surface area contributed by atoms with E-state index in [1.807, 2.05) is 0 Å². The zero-order chi connectivity index (χ0) is 27.6. The molecular weight excluding hydrogens is 613 g/mol. The third kappa shape index (κ3) is 5.50. The van der Waals surface area contributed by atoms with Gasteiger partial charge in [-0.2, -0.15) is 0 Å². The van der Waals surface area contributed by atoms with E-state index >= 15 is 0 Å². The summed E-state index contributed by atoms with van der Waals surface area (Å²) in [5.74, 6) is 0. The summed E-state index contributed by atoms with van der Waals surface area (Å²) in [6.45, 7) is 0. The summed E-state index contributed by atoms with van der Waals surface area (Å²) < 4.78 is 15.7. The van der Waals surface area contributed by atoms with Crippen LogP contribution in [0.5, 0.6) is 0 Å². The minimum absolute atomic E-state index is 0.596. The zero-order valence-corrected chi connectivity index (χ0v) is 27.7. The van der Waals surface area contributed by atoms with Crippen molar-refractivity contribution in [2.24, 2.45) is 0 Å². The van der Waals surface area contributed by atoms with Gasteiger partial charge in [0.1, 0.15) is 0 Å². The fourth-order valence-corrected chi connectivity index (χ4v) is 17.8. The number of imidazole rings is 2. The normalized spacial score (nSPS) is 24.7. The first-order chi connectivity index (χ1) is 20.2. The van der Waals surface area contributed by atoms with Crippen molar-refractivity contribution in [2.75, 3.05) is 0 Å². The number of rotatable bonds is 5. The molecule has 4 saturated carbocycles. The van der Waals surface area contributed by atoms with Crippen LogP contribution in [0, 0.1) is 8.03 Å². The van der Waals surface area contributed by atoms with E-state index in [-0.39, 0.29) is 0 Å². The van der Waals surface area contributed by atoms with Crippen LogP contribution in [0.4, 0.5) is 0 Å². The molecule has 5 aliphatic carbocycles. The van der Waals surface area contributed by atoms with E-state index in [1.54, 1.807) is 4.17 Å². The Labute approximate surface area is 254 Å². The van der Waals surface area contributed by atoms with E-state index in [9.17, 15) is 0 Å². The maximum atomic E-state index is 8.75. The first-order valence-corrected chi connectivity index (χ1v) is 22.1. The summed E-state index contributed by atoms with van der Waals surface area (Å²) in [4.78, 5) is 0. The molecular formula is C35H53ClN4Ru. The van der Waals surface area contributed by atoms with Crippen molar-refractivity contribution in [1.82, 2.24) is 18.3 Å². The van der Waals surface area contributed by atoms with Gasteiger partial charge in [0.2, 0.25) is 0 Å². The van der Waals surface area contributed by atoms with Gasteiger partial charge in [0.15, 0.2) is 0 Å². The maximum absolute atomic E-state index is 8.75. The molecule has 228 valence electrons. The molecule has 2 aromatic heterocycles. The van der Waals surface area contributed by atoms with Gasteiger partial charge in [0.05, 0.1) is 0 Å². The van der Waals surface area contributed by atoms with Crippen molar-refractivity contribution in [3.8, 4) is 0 Å². The van der Waals surface area contributed by atoms with Crippen molar-refractivity contribution in [1.29, 1.82) is 0 Å². The SMILES string of the molecule is [Cl][Ru]([C]1=CC=CC1)(=[c]1n(C2CCCCC2)ccn1C1CCCCC1)=[c]1n(C2CCCCC2)ccn1C1CCCCC1. The Balaban J connectivity index is 1.64. The molecule has 0 saturated heterocycles. The number of aromatic nitrogens is 4.